The van der Waals surface area contributed by atoms with Crippen LogP contribution in [0.4, 0.5) is 0 Å². The number of nitrogens with zero attached hydrogens (tertiary/aromatic N) is 1. The van der Waals surface area contributed by atoms with E-state index in [-0.39, 0.29) is 6.61 Å². The Morgan fingerprint density at radius 3 is 2.67 bits per heavy atom. The lowest BCUT2D eigenvalue weighted by atomic mass is 10.2. The molecular weight excluding hydrogens is 254 g/mol. The van der Waals surface area contributed by atoms with E-state index in [1.165, 1.54) is 6.21 Å². The Morgan fingerprint density at radius 1 is 1.39 bits per heavy atom. The highest BCUT2D eigenvalue weighted by molar-refractivity contribution is 6.33. The lowest BCUT2D eigenvalue weighted by Gasteiger charge is -2.18. The first-order valence-electron chi connectivity index (χ1n) is 5.50. The average molecular weight is 270 g/mol. The van der Waals surface area contributed by atoms with Crippen molar-refractivity contribution in [2.45, 2.75) is 26.4 Å². The highest BCUT2D eigenvalue weighted by Crippen LogP contribution is 2.12. The molecule has 0 bridgehead atoms. The zero-order chi connectivity index (χ0) is 13.6. The second-order valence-electron chi connectivity index (χ2n) is 4.62. The molecule has 1 rings (SSSR count). The largest absolute Gasteiger partial charge is 0.457 e. The molecule has 0 aliphatic carbocycles. The second kappa shape index (κ2) is 6.40. The van der Waals surface area contributed by atoms with Gasteiger partial charge in [-0.1, -0.05) is 35.0 Å². The smallest absolute Gasteiger partial charge is 0.347 e. The number of hydrogen-bond donors (Lipinski definition) is 0. The van der Waals surface area contributed by atoms with Crippen LogP contribution in [0.5, 0.6) is 0 Å². The molecule has 0 unspecified atom stereocenters. The van der Waals surface area contributed by atoms with Crippen molar-refractivity contribution >= 4 is 23.8 Å². The second-order valence-corrected chi connectivity index (χ2v) is 5.02. The summed E-state index contributed by atoms with van der Waals surface area (Å²) in [6.07, 6.45) is 1.45. The van der Waals surface area contributed by atoms with E-state index in [0.717, 1.165) is 5.56 Å². The third kappa shape index (κ3) is 5.68. The van der Waals surface area contributed by atoms with Crippen molar-refractivity contribution in [3.63, 3.8) is 0 Å². The molecular formula is C13H16ClNO3. The molecule has 5 heteroatoms. The molecule has 4 nitrogen and oxygen atoms in total. The maximum absolute atomic E-state index is 11.3. The molecule has 0 fully saturated rings. The summed E-state index contributed by atoms with van der Waals surface area (Å²) >= 11 is 5.91. The Balaban J connectivity index is 2.38. The zero-order valence-corrected chi connectivity index (χ0v) is 11.4. The van der Waals surface area contributed by atoms with Gasteiger partial charge in [0.15, 0.2) is 0 Å². The molecule has 0 amide bonds. The molecule has 0 aromatic heterocycles. The molecule has 0 atom stereocenters. The summed E-state index contributed by atoms with van der Waals surface area (Å²) in [6, 6.07) is 7.20. The summed E-state index contributed by atoms with van der Waals surface area (Å²) in [5.74, 6) is -0.459. The van der Waals surface area contributed by atoms with E-state index in [1.54, 1.807) is 32.9 Å². The summed E-state index contributed by atoms with van der Waals surface area (Å²) in [4.78, 5) is 16.1. The minimum absolute atomic E-state index is 0.224. The lowest BCUT2D eigenvalue weighted by molar-refractivity contribution is -0.160. The topological polar surface area (TPSA) is 47.9 Å². The van der Waals surface area contributed by atoms with Gasteiger partial charge in [0.2, 0.25) is 6.61 Å². The SMILES string of the molecule is CC(C)(C)OC(=O)CO/N=C/c1ccccc1Cl. The Hall–Kier alpha value is -1.55. The number of hydrogen-bond acceptors (Lipinski definition) is 4. The minimum Gasteiger partial charge on any atom is -0.457 e. The summed E-state index contributed by atoms with van der Waals surface area (Å²) in [7, 11) is 0. The Labute approximate surface area is 112 Å². The summed E-state index contributed by atoms with van der Waals surface area (Å²) in [5.41, 5.74) is 0.204. The van der Waals surface area contributed by atoms with Crippen LogP contribution in [0.1, 0.15) is 26.3 Å². The van der Waals surface area contributed by atoms with Gasteiger partial charge in [-0.3, -0.25) is 0 Å². The fourth-order valence-corrected chi connectivity index (χ4v) is 1.32. The van der Waals surface area contributed by atoms with Crippen LogP contribution in [0.15, 0.2) is 29.4 Å². The van der Waals surface area contributed by atoms with E-state index < -0.39 is 11.6 Å². The van der Waals surface area contributed by atoms with Gasteiger partial charge < -0.3 is 9.57 Å². The van der Waals surface area contributed by atoms with Gasteiger partial charge in [-0.25, -0.2) is 4.79 Å². The van der Waals surface area contributed by atoms with Gasteiger partial charge >= 0.3 is 5.97 Å². The highest BCUT2D eigenvalue weighted by Gasteiger charge is 2.16. The van der Waals surface area contributed by atoms with Gasteiger partial charge in [-0.05, 0) is 26.8 Å². The first-order valence-corrected chi connectivity index (χ1v) is 5.88. The van der Waals surface area contributed by atoms with E-state index in [9.17, 15) is 4.79 Å². The van der Waals surface area contributed by atoms with Crippen molar-refractivity contribution in [1.82, 2.24) is 0 Å². The van der Waals surface area contributed by atoms with Gasteiger partial charge in [0.1, 0.15) is 5.60 Å². The van der Waals surface area contributed by atoms with Crippen LogP contribution < -0.4 is 0 Å². The number of oxime groups is 1. The van der Waals surface area contributed by atoms with Gasteiger partial charge in [0, 0.05) is 10.6 Å². The van der Waals surface area contributed by atoms with E-state index in [2.05, 4.69) is 5.16 Å². The molecule has 0 N–H and O–H groups in total. The summed E-state index contributed by atoms with van der Waals surface area (Å²) < 4.78 is 5.05. The maximum atomic E-state index is 11.3. The van der Waals surface area contributed by atoms with Gasteiger partial charge in [0.05, 0.1) is 6.21 Å². The standard InChI is InChI=1S/C13H16ClNO3/c1-13(2,3)18-12(16)9-17-15-8-10-6-4-5-7-11(10)14/h4-8H,9H2,1-3H3/b15-8+. The van der Waals surface area contributed by atoms with Gasteiger partial charge in [0.25, 0.3) is 0 Å². The Kier molecular flexibility index (Phi) is 5.16. The number of ether oxygens (including phenoxy) is 1. The van der Waals surface area contributed by atoms with Crippen LogP contribution >= 0.6 is 11.6 Å². The van der Waals surface area contributed by atoms with E-state index in [1.807, 2.05) is 12.1 Å². The molecule has 18 heavy (non-hydrogen) atoms. The first-order chi connectivity index (χ1) is 8.38. The van der Waals surface area contributed by atoms with Crippen LogP contribution in [0, 0.1) is 0 Å². The van der Waals surface area contributed by atoms with Crippen LogP contribution in [0.25, 0.3) is 0 Å². The van der Waals surface area contributed by atoms with Crippen LogP contribution in [0.3, 0.4) is 0 Å². The lowest BCUT2D eigenvalue weighted by Crippen LogP contribution is -2.26. The number of halogens is 1. The molecule has 98 valence electrons. The summed E-state index contributed by atoms with van der Waals surface area (Å²) in [6.45, 7) is 5.14. The van der Waals surface area contributed by atoms with E-state index >= 15 is 0 Å². The molecule has 0 spiro atoms. The van der Waals surface area contributed by atoms with Crippen molar-refractivity contribution in [3.8, 4) is 0 Å². The van der Waals surface area contributed by atoms with Crippen molar-refractivity contribution < 1.29 is 14.4 Å². The predicted octanol–water partition coefficient (Wildman–Crippen LogP) is 3.03. The highest BCUT2D eigenvalue weighted by atomic mass is 35.5. The average Bonchev–Trinajstić information content (AvgIpc) is 2.24. The van der Waals surface area contributed by atoms with Crippen molar-refractivity contribution in [3.05, 3.63) is 34.9 Å². The van der Waals surface area contributed by atoms with Gasteiger partial charge in [-0.2, -0.15) is 0 Å². The minimum atomic E-state index is -0.521. The number of carbonyl (C=O) groups excluding carboxylic acids is 1. The summed E-state index contributed by atoms with van der Waals surface area (Å²) in [5, 5.41) is 4.23. The maximum Gasteiger partial charge on any atom is 0.347 e. The van der Waals surface area contributed by atoms with Crippen molar-refractivity contribution in [1.29, 1.82) is 0 Å². The van der Waals surface area contributed by atoms with Crippen molar-refractivity contribution in [2.24, 2.45) is 5.16 Å². The number of esters is 1. The van der Waals surface area contributed by atoms with Crippen LogP contribution in [-0.2, 0) is 14.4 Å². The molecule has 0 aliphatic rings. The van der Waals surface area contributed by atoms with Gasteiger partial charge in [-0.15, -0.1) is 0 Å². The number of rotatable bonds is 4. The molecule has 1 aromatic carbocycles. The number of benzene rings is 1. The monoisotopic (exact) mass is 269 g/mol. The van der Waals surface area contributed by atoms with Crippen LogP contribution in [0.2, 0.25) is 5.02 Å². The third-order valence-corrected chi connectivity index (χ3v) is 2.12. The Morgan fingerprint density at radius 2 is 2.06 bits per heavy atom. The number of carbonyl (C=O) groups is 1. The third-order valence-electron chi connectivity index (χ3n) is 1.77. The molecule has 1 aromatic rings. The Bertz CT molecular complexity index is 438. The van der Waals surface area contributed by atoms with E-state index in [4.69, 9.17) is 21.2 Å². The van der Waals surface area contributed by atoms with Crippen LogP contribution in [-0.4, -0.2) is 24.4 Å². The zero-order valence-electron chi connectivity index (χ0n) is 10.6. The van der Waals surface area contributed by atoms with E-state index in [0.29, 0.717) is 5.02 Å². The first kappa shape index (κ1) is 14.5. The fraction of sp³-hybridized carbons (Fsp3) is 0.385. The normalized spacial score (nSPS) is 11.6. The quantitative estimate of drug-likeness (QED) is 0.480. The fourth-order valence-electron chi connectivity index (χ4n) is 1.13. The molecule has 0 radical (unpaired) electrons. The molecule has 0 saturated heterocycles. The molecule has 0 saturated carbocycles. The predicted molar refractivity (Wildman–Crippen MR) is 70.8 cm³/mol. The molecule has 0 aliphatic heterocycles. The molecule has 0 heterocycles. The van der Waals surface area contributed by atoms with Crippen molar-refractivity contribution in [2.75, 3.05) is 6.61 Å².